The Bertz CT molecular complexity index is 646. The number of carbonyl (C=O) groups is 1. The SMILES string of the molecule is C#CCNC(=O)CSc1cc(C)c2ccccc2n1. The Morgan fingerprint density at radius 1 is 1.47 bits per heavy atom. The zero-order valence-corrected chi connectivity index (χ0v) is 11.5. The minimum atomic E-state index is -0.0736. The molecule has 2 aromatic rings. The van der Waals surface area contributed by atoms with Crippen LogP contribution in [0.1, 0.15) is 5.56 Å². The molecular formula is C15H14N2OS. The second-order valence-electron chi connectivity index (χ2n) is 4.06. The summed E-state index contributed by atoms with van der Waals surface area (Å²) >= 11 is 1.42. The van der Waals surface area contributed by atoms with Crippen LogP contribution in [0.3, 0.4) is 0 Å². The molecule has 0 spiro atoms. The lowest BCUT2D eigenvalue weighted by Gasteiger charge is -2.06. The molecule has 0 saturated carbocycles. The van der Waals surface area contributed by atoms with Crippen LogP contribution in [0.2, 0.25) is 0 Å². The van der Waals surface area contributed by atoms with Crippen LogP contribution in [-0.4, -0.2) is 23.2 Å². The average molecular weight is 270 g/mol. The van der Waals surface area contributed by atoms with Crippen molar-refractivity contribution in [2.75, 3.05) is 12.3 Å². The number of pyridine rings is 1. The third-order valence-electron chi connectivity index (χ3n) is 2.64. The van der Waals surface area contributed by atoms with Gasteiger partial charge in [0, 0.05) is 5.39 Å². The molecule has 0 fully saturated rings. The molecule has 4 heteroatoms. The summed E-state index contributed by atoms with van der Waals surface area (Å²) in [6.07, 6.45) is 5.08. The number of benzene rings is 1. The number of nitrogens with one attached hydrogen (secondary N) is 1. The van der Waals surface area contributed by atoms with Crippen LogP contribution >= 0.6 is 11.8 Å². The number of hydrogen-bond acceptors (Lipinski definition) is 3. The zero-order chi connectivity index (χ0) is 13.7. The second-order valence-corrected chi connectivity index (χ2v) is 5.06. The second kappa shape index (κ2) is 6.26. The molecule has 0 saturated heterocycles. The number of rotatable bonds is 4. The number of nitrogens with zero attached hydrogens (tertiary/aromatic N) is 1. The summed E-state index contributed by atoms with van der Waals surface area (Å²) in [5, 5.41) is 4.63. The number of carbonyl (C=O) groups excluding carboxylic acids is 1. The number of terminal acetylenes is 1. The highest BCUT2D eigenvalue weighted by atomic mass is 32.2. The molecule has 0 unspecified atom stereocenters. The Balaban J connectivity index is 2.09. The molecule has 0 atom stereocenters. The van der Waals surface area contributed by atoms with Crippen LogP contribution < -0.4 is 5.32 Å². The normalized spacial score (nSPS) is 10.1. The van der Waals surface area contributed by atoms with Crippen LogP contribution in [-0.2, 0) is 4.79 Å². The molecule has 0 radical (unpaired) electrons. The van der Waals surface area contributed by atoms with Gasteiger partial charge in [-0.2, -0.15) is 0 Å². The molecule has 0 aliphatic heterocycles. The number of hydrogen-bond donors (Lipinski definition) is 1. The summed E-state index contributed by atoms with van der Waals surface area (Å²) in [7, 11) is 0. The maximum absolute atomic E-state index is 11.5. The molecule has 0 aliphatic rings. The maximum atomic E-state index is 11.5. The van der Waals surface area contributed by atoms with Crippen molar-refractivity contribution in [3.05, 3.63) is 35.9 Å². The zero-order valence-electron chi connectivity index (χ0n) is 10.6. The van der Waals surface area contributed by atoms with Crippen molar-refractivity contribution < 1.29 is 4.79 Å². The predicted octanol–water partition coefficient (Wildman–Crippen LogP) is 2.38. The monoisotopic (exact) mass is 270 g/mol. The highest BCUT2D eigenvalue weighted by Crippen LogP contribution is 2.23. The summed E-state index contributed by atoms with van der Waals surface area (Å²) in [4.78, 5) is 16.0. The Morgan fingerprint density at radius 2 is 2.26 bits per heavy atom. The van der Waals surface area contributed by atoms with E-state index in [1.807, 2.05) is 37.3 Å². The third-order valence-corrected chi connectivity index (χ3v) is 3.55. The predicted molar refractivity (Wildman–Crippen MR) is 79.0 cm³/mol. The van der Waals surface area contributed by atoms with Gasteiger partial charge in [0.1, 0.15) is 0 Å². The Morgan fingerprint density at radius 3 is 3.05 bits per heavy atom. The molecule has 2 rings (SSSR count). The molecule has 19 heavy (non-hydrogen) atoms. The van der Waals surface area contributed by atoms with Gasteiger partial charge in [-0.3, -0.25) is 4.79 Å². The van der Waals surface area contributed by atoms with Gasteiger partial charge in [-0.05, 0) is 24.6 Å². The summed E-state index contributed by atoms with van der Waals surface area (Å²) in [5.41, 5.74) is 2.12. The van der Waals surface area contributed by atoms with E-state index in [1.54, 1.807) is 0 Å². The van der Waals surface area contributed by atoms with Crippen molar-refractivity contribution in [3.8, 4) is 12.3 Å². The van der Waals surface area contributed by atoms with Crippen molar-refractivity contribution in [2.24, 2.45) is 0 Å². The molecule has 0 aliphatic carbocycles. The van der Waals surface area contributed by atoms with Gasteiger partial charge in [0.15, 0.2) is 0 Å². The number of aryl methyl sites for hydroxylation is 1. The van der Waals surface area contributed by atoms with Crippen LogP contribution in [0.25, 0.3) is 10.9 Å². The van der Waals surface area contributed by atoms with E-state index in [9.17, 15) is 4.79 Å². The van der Waals surface area contributed by atoms with E-state index in [1.165, 1.54) is 11.8 Å². The first-order chi connectivity index (χ1) is 9.20. The molecule has 1 heterocycles. The molecular weight excluding hydrogens is 256 g/mol. The van der Waals surface area contributed by atoms with Crippen molar-refractivity contribution >= 4 is 28.6 Å². The first-order valence-electron chi connectivity index (χ1n) is 5.90. The number of amides is 1. The number of fused-ring (bicyclic) bond motifs is 1. The molecule has 1 N–H and O–H groups in total. The van der Waals surface area contributed by atoms with Crippen LogP contribution in [0, 0.1) is 19.3 Å². The fourth-order valence-corrected chi connectivity index (χ4v) is 2.54. The van der Waals surface area contributed by atoms with Crippen LogP contribution in [0.15, 0.2) is 35.4 Å². The quantitative estimate of drug-likeness (QED) is 0.685. The van der Waals surface area contributed by atoms with Gasteiger partial charge in [-0.25, -0.2) is 4.98 Å². The Labute approximate surface area is 116 Å². The molecule has 1 amide bonds. The minimum absolute atomic E-state index is 0.0736. The van der Waals surface area contributed by atoms with E-state index >= 15 is 0 Å². The van der Waals surface area contributed by atoms with Gasteiger partial charge in [0.2, 0.25) is 5.91 Å². The smallest absolute Gasteiger partial charge is 0.231 e. The maximum Gasteiger partial charge on any atom is 0.231 e. The molecule has 0 bridgehead atoms. The molecule has 1 aromatic heterocycles. The molecule has 3 nitrogen and oxygen atoms in total. The van der Waals surface area contributed by atoms with E-state index in [2.05, 4.69) is 16.2 Å². The Hall–Kier alpha value is -1.99. The lowest BCUT2D eigenvalue weighted by atomic mass is 10.1. The van der Waals surface area contributed by atoms with Gasteiger partial charge in [0.05, 0.1) is 22.8 Å². The van der Waals surface area contributed by atoms with Crippen molar-refractivity contribution in [2.45, 2.75) is 11.9 Å². The van der Waals surface area contributed by atoms with Crippen molar-refractivity contribution in [1.29, 1.82) is 0 Å². The minimum Gasteiger partial charge on any atom is -0.344 e. The molecule has 96 valence electrons. The number of aromatic nitrogens is 1. The van der Waals surface area contributed by atoms with Gasteiger partial charge in [-0.1, -0.05) is 35.9 Å². The van der Waals surface area contributed by atoms with Crippen molar-refractivity contribution in [1.82, 2.24) is 10.3 Å². The lowest BCUT2D eigenvalue weighted by Crippen LogP contribution is -2.25. The third kappa shape index (κ3) is 3.49. The average Bonchev–Trinajstić information content (AvgIpc) is 2.43. The van der Waals surface area contributed by atoms with E-state index in [4.69, 9.17) is 6.42 Å². The topological polar surface area (TPSA) is 42.0 Å². The van der Waals surface area contributed by atoms with Gasteiger partial charge < -0.3 is 5.32 Å². The fraction of sp³-hybridized carbons (Fsp3) is 0.200. The van der Waals surface area contributed by atoms with Crippen LogP contribution in [0.5, 0.6) is 0 Å². The van der Waals surface area contributed by atoms with Gasteiger partial charge in [0.25, 0.3) is 0 Å². The standard InChI is InChI=1S/C15H14N2OS/c1-3-8-16-14(18)10-19-15-9-11(2)12-6-4-5-7-13(12)17-15/h1,4-7,9H,8,10H2,2H3,(H,16,18). The molecule has 1 aromatic carbocycles. The number of para-hydroxylation sites is 1. The van der Waals surface area contributed by atoms with E-state index in [0.29, 0.717) is 5.75 Å². The summed E-state index contributed by atoms with van der Waals surface area (Å²) in [5.74, 6) is 2.63. The van der Waals surface area contributed by atoms with E-state index < -0.39 is 0 Å². The van der Waals surface area contributed by atoms with E-state index in [0.717, 1.165) is 21.5 Å². The first-order valence-corrected chi connectivity index (χ1v) is 6.88. The highest BCUT2D eigenvalue weighted by molar-refractivity contribution is 7.99. The number of thioether (sulfide) groups is 1. The van der Waals surface area contributed by atoms with Gasteiger partial charge >= 0.3 is 0 Å². The Kier molecular flexibility index (Phi) is 4.43. The lowest BCUT2D eigenvalue weighted by molar-refractivity contribution is -0.118. The van der Waals surface area contributed by atoms with Gasteiger partial charge in [-0.15, -0.1) is 6.42 Å². The largest absolute Gasteiger partial charge is 0.344 e. The summed E-state index contributed by atoms with van der Waals surface area (Å²) in [6.45, 7) is 2.32. The fourth-order valence-electron chi connectivity index (χ4n) is 1.73. The highest BCUT2D eigenvalue weighted by Gasteiger charge is 2.05. The summed E-state index contributed by atoms with van der Waals surface area (Å²) < 4.78 is 0. The van der Waals surface area contributed by atoms with Crippen LogP contribution in [0.4, 0.5) is 0 Å². The van der Waals surface area contributed by atoms with E-state index in [-0.39, 0.29) is 12.5 Å². The first kappa shape index (κ1) is 13.4. The van der Waals surface area contributed by atoms with Crippen molar-refractivity contribution in [3.63, 3.8) is 0 Å². The summed E-state index contributed by atoms with van der Waals surface area (Å²) in [6, 6.07) is 9.98.